The standard InChI is InChI=1S/C24H35N5O3.HI/c1-2-25-24(27-19-12-15-28(16-19)23(31)18-8-3-4-9-18)26-13-7-14-29-20-10-5-6-11-21(20)32-17-22(29)30;/h5-6,10-11,18-19H,2-4,7-9,12-17H2,1H3,(H2,25,26,27);1H. The Morgan fingerprint density at radius 2 is 2.00 bits per heavy atom. The molecule has 0 aromatic heterocycles. The molecule has 1 saturated carbocycles. The first-order valence-corrected chi connectivity index (χ1v) is 12.0. The van der Waals surface area contributed by atoms with Gasteiger partial charge in [0.2, 0.25) is 5.91 Å². The number of carbonyl (C=O) groups excluding carboxylic acids is 2. The monoisotopic (exact) mass is 569 g/mol. The first-order chi connectivity index (χ1) is 15.7. The summed E-state index contributed by atoms with van der Waals surface area (Å²) in [4.78, 5) is 33.5. The van der Waals surface area contributed by atoms with Gasteiger partial charge in [-0.3, -0.25) is 14.6 Å². The van der Waals surface area contributed by atoms with Crippen LogP contribution in [0.4, 0.5) is 5.69 Å². The lowest BCUT2D eigenvalue weighted by Gasteiger charge is -2.29. The van der Waals surface area contributed by atoms with Crippen molar-refractivity contribution in [3.8, 4) is 5.75 Å². The van der Waals surface area contributed by atoms with Gasteiger partial charge in [0.05, 0.1) is 5.69 Å². The molecule has 2 heterocycles. The highest BCUT2D eigenvalue weighted by molar-refractivity contribution is 14.0. The van der Waals surface area contributed by atoms with Crippen LogP contribution < -0.4 is 20.3 Å². The van der Waals surface area contributed by atoms with Gasteiger partial charge in [-0.05, 0) is 44.7 Å². The zero-order valence-electron chi connectivity index (χ0n) is 19.4. The number of carbonyl (C=O) groups is 2. The number of nitrogens with one attached hydrogen (secondary N) is 2. The number of likely N-dealkylation sites (tertiary alicyclic amines) is 1. The molecule has 2 fully saturated rings. The Morgan fingerprint density at radius 3 is 2.79 bits per heavy atom. The van der Waals surface area contributed by atoms with Crippen LogP contribution >= 0.6 is 24.0 Å². The fraction of sp³-hybridized carbons (Fsp3) is 0.625. The van der Waals surface area contributed by atoms with Gasteiger partial charge in [0, 0.05) is 44.7 Å². The lowest BCUT2D eigenvalue weighted by molar-refractivity contribution is -0.134. The molecule has 1 unspecified atom stereocenters. The van der Waals surface area contributed by atoms with Crippen molar-refractivity contribution < 1.29 is 14.3 Å². The van der Waals surface area contributed by atoms with Gasteiger partial charge in [0.15, 0.2) is 12.6 Å². The molecule has 2 aliphatic heterocycles. The van der Waals surface area contributed by atoms with Gasteiger partial charge in [0.25, 0.3) is 5.91 Å². The molecule has 1 atom stereocenters. The summed E-state index contributed by atoms with van der Waals surface area (Å²) >= 11 is 0. The lowest BCUT2D eigenvalue weighted by Crippen LogP contribution is -2.45. The third-order valence-electron chi connectivity index (χ3n) is 6.51. The minimum absolute atomic E-state index is 0. The van der Waals surface area contributed by atoms with E-state index in [2.05, 4.69) is 10.6 Å². The highest BCUT2D eigenvalue weighted by Crippen LogP contribution is 2.31. The average Bonchev–Trinajstić information content (AvgIpc) is 3.50. The molecule has 0 bridgehead atoms. The predicted octanol–water partition coefficient (Wildman–Crippen LogP) is 2.77. The highest BCUT2D eigenvalue weighted by Gasteiger charge is 2.32. The summed E-state index contributed by atoms with van der Waals surface area (Å²) in [7, 11) is 0. The van der Waals surface area contributed by atoms with Gasteiger partial charge in [-0.15, -0.1) is 24.0 Å². The minimum atomic E-state index is -0.0179. The van der Waals surface area contributed by atoms with E-state index in [9.17, 15) is 9.59 Å². The van der Waals surface area contributed by atoms with Crippen molar-refractivity contribution in [2.24, 2.45) is 10.9 Å². The van der Waals surface area contributed by atoms with Crippen LogP contribution in [-0.2, 0) is 9.59 Å². The molecule has 0 radical (unpaired) electrons. The Kier molecular flexibility index (Phi) is 9.64. The Morgan fingerprint density at radius 1 is 1.21 bits per heavy atom. The summed E-state index contributed by atoms with van der Waals surface area (Å²) in [5.41, 5.74) is 0.829. The number of guanidine groups is 1. The Balaban J connectivity index is 0.00000306. The first kappa shape index (κ1) is 25.6. The average molecular weight is 569 g/mol. The summed E-state index contributed by atoms with van der Waals surface area (Å²) in [6, 6.07) is 7.87. The van der Waals surface area contributed by atoms with Crippen LogP contribution in [0.15, 0.2) is 29.3 Å². The number of benzene rings is 1. The zero-order chi connectivity index (χ0) is 22.3. The van der Waals surface area contributed by atoms with E-state index in [4.69, 9.17) is 9.73 Å². The SMILES string of the molecule is CCNC(=NCCCN1C(=O)COc2ccccc21)NC1CCN(C(=O)C2CCCC2)C1.I. The maximum atomic E-state index is 12.7. The van der Waals surface area contributed by atoms with E-state index in [1.54, 1.807) is 4.90 Å². The van der Waals surface area contributed by atoms with E-state index in [-0.39, 0.29) is 48.5 Å². The number of hydrogen-bond acceptors (Lipinski definition) is 4. The van der Waals surface area contributed by atoms with Crippen LogP contribution in [0.1, 0.15) is 45.4 Å². The highest BCUT2D eigenvalue weighted by atomic mass is 127. The van der Waals surface area contributed by atoms with Crippen molar-refractivity contribution in [2.45, 2.75) is 51.5 Å². The van der Waals surface area contributed by atoms with E-state index in [1.807, 2.05) is 36.1 Å². The maximum absolute atomic E-state index is 12.7. The smallest absolute Gasteiger partial charge is 0.265 e. The van der Waals surface area contributed by atoms with Gasteiger partial charge in [-0.2, -0.15) is 0 Å². The second-order valence-electron chi connectivity index (χ2n) is 8.81. The van der Waals surface area contributed by atoms with Crippen molar-refractivity contribution in [3.05, 3.63) is 24.3 Å². The number of para-hydroxylation sites is 2. The van der Waals surface area contributed by atoms with Crippen molar-refractivity contribution in [3.63, 3.8) is 0 Å². The number of aliphatic imine (C=N–C) groups is 1. The summed E-state index contributed by atoms with van der Waals surface area (Å²) < 4.78 is 5.51. The van der Waals surface area contributed by atoms with E-state index < -0.39 is 0 Å². The van der Waals surface area contributed by atoms with Crippen molar-refractivity contribution in [2.75, 3.05) is 44.2 Å². The Bertz CT molecular complexity index is 843. The summed E-state index contributed by atoms with van der Waals surface area (Å²) in [6.45, 7) is 5.70. The molecule has 1 saturated heterocycles. The summed E-state index contributed by atoms with van der Waals surface area (Å²) in [5.74, 6) is 2.09. The summed E-state index contributed by atoms with van der Waals surface area (Å²) in [6.07, 6.45) is 6.17. The van der Waals surface area contributed by atoms with E-state index in [0.717, 1.165) is 62.7 Å². The van der Waals surface area contributed by atoms with Crippen LogP contribution in [0.2, 0.25) is 0 Å². The largest absolute Gasteiger partial charge is 0.482 e. The van der Waals surface area contributed by atoms with E-state index >= 15 is 0 Å². The molecule has 2 amide bonds. The second kappa shape index (κ2) is 12.4. The van der Waals surface area contributed by atoms with Gasteiger partial charge in [-0.1, -0.05) is 25.0 Å². The number of anilines is 1. The first-order valence-electron chi connectivity index (χ1n) is 12.0. The fourth-order valence-electron chi connectivity index (χ4n) is 4.84. The van der Waals surface area contributed by atoms with Gasteiger partial charge >= 0.3 is 0 Å². The molecule has 182 valence electrons. The Labute approximate surface area is 213 Å². The van der Waals surface area contributed by atoms with Crippen LogP contribution in [0, 0.1) is 5.92 Å². The molecule has 0 spiro atoms. The number of fused-ring (bicyclic) bond motifs is 1. The van der Waals surface area contributed by atoms with Crippen molar-refractivity contribution in [1.82, 2.24) is 15.5 Å². The molecule has 4 rings (SSSR count). The third-order valence-corrected chi connectivity index (χ3v) is 6.51. The van der Waals surface area contributed by atoms with Gasteiger partial charge < -0.3 is 25.2 Å². The van der Waals surface area contributed by atoms with Crippen LogP contribution in [0.25, 0.3) is 0 Å². The molecule has 1 aliphatic carbocycles. The van der Waals surface area contributed by atoms with Crippen LogP contribution in [0.5, 0.6) is 5.75 Å². The molecule has 3 aliphatic rings. The number of halogens is 1. The number of nitrogens with zero attached hydrogens (tertiary/aromatic N) is 3. The van der Waals surface area contributed by atoms with Gasteiger partial charge in [0.1, 0.15) is 5.75 Å². The quantitative estimate of drug-likeness (QED) is 0.228. The molecular formula is C24H36IN5O3. The van der Waals surface area contributed by atoms with E-state index in [1.165, 1.54) is 12.8 Å². The molecule has 1 aromatic carbocycles. The topological polar surface area (TPSA) is 86.3 Å². The van der Waals surface area contributed by atoms with Crippen molar-refractivity contribution in [1.29, 1.82) is 0 Å². The van der Waals surface area contributed by atoms with Gasteiger partial charge in [-0.25, -0.2) is 0 Å². The number of hydrogen-bond donors (Lipinski definition) is 2. The second-order valence-corrected chi connectivity index (χ2v) is 8.81. The van der Waals surface area contributed by atoms with Crippen LogP contribution in [0.3, 0.4) is 0 Å². The Hall–Kier alpha value is -2.04. The molecule has 1 aromatic rings. The van der Waals surface area contributed by atoms with E-state index in [0.29, 0.717) is 19.0 Å². The summed E-state index contributed by atoms with van der Waals surface area (Å²) in [5, 5.41) is 6.81. The zero-order valence-corrected chi connectivity index (χ0v) is 21.8. The number of ether oxygens (including phenoxy) is 1. The fourth-order valence-corrected chi connectivity index (χ4v) is 4.84. The number of rotatable bonds is 7. The molecule has 2 N–H and O–H groups in total. The third kappa shape index (κ3) is 6.51. The predicted molar refractivity (Wildman–Crippen MR) is 140 cm³/mol. The maximum Gasteiger partial charge on any atom is 0.265 e. The minimum Gasteiger partial charge on any atom is -0.482 e. The molecule has 9 heteroatoms. The van der Waals surface area contributed by atoms with Crippen molar-refractivity contribution >= 4 is 47.4 Å². The molecule has 33 heavy (non-hydrogen) atoms. The normalized spacial score (nSPS) is 20.8. The lowest BCUT2D eigenvalue weighted by atomic mass is 10.1. The molecular weight excluding hydrogens is 533 g/mol. The number of amides is 2. The molecule has 8 nitrogen and oxygen atoms in total. The van der Waals surface area contributed by atoms with Crippen LogP contribution in [-0.4, -0.2) is 68.0 Å².